The molecule has 0 bridgehead atoms. The molecule has 1 aliphatic rings. The van der Waals surface area contributed by atoms with E-state index in [1.54, 1.807) is 13.2 Å². The third kappa shape index (κ3) is 2.52. The Morgan fingerprint density at radius 2 is 2.09 bits per heavy atom. The molecule has 22 heavy (non-hydrogen) atoms. The van der Waals surface area contributed by atoms with Crippen LogP contribution < -0.4 is 16.0 Å². The van der Waals surface area contributed by atoms with E-state index in [1.807, 2.05) is 24.3 Å². The Morgan fingerprint density at radius 1 is 1.36 bits per heavy atom. The van der Waals surface area contributed by atoms with E-state index < -0.39 is 0 Å². The van der Waals surface area contributed by atoms with Gasteiger partial charge in [0.2, 0.25) is 0 Å². The van der Waals surface area contributed by atoms with Crippen molar-refractivity contribution < 1.29 is 4.74 Å². The number of rotatable bonds is 2. The minimum absolute atomic E-state index is 0.0944. The summed E-state index contributed by atoms with van der Waals surface area (Å²) in [5, 5.41) is 4.54. The van der Waals surface area contributed by atoms with Crippen LogP contribution in [-0.2, 0) is 6.42 Å². The van der Waals surface area contributed by atoms with Gasteiger partial charge in [-0.25, -0.2) is 0 Å². The van der Waals surface area contributed by atoms with Crippen LogP contribution in [0.1, 0.15) is 37.6 Å². The predicted octanol–water partition coefficient (Wildman–Crippen LogP) is 2.21. The molecule has 0 saturated carbocycles. The minimum Gasteiger partial charge on any atom is -0.494 e. The van der Waals surface area contributed by atoms with Gasteiger partial charge in [-0.05, 0) is 36.0 Å². The predicted molar refractivity (Wildman–Crippen MR) is 85.4 cm³/mol. The molecular formula is C17H21N3O2. The van der Waals surface area contributed by atoms with Crippen molar-refractivity contribution in [3.8, 4) is 11.4 Å². The molecule has 1 aromatic heterocycles. The molecule has 1 atom stereocenters. The van der Waals surface area contributed by atoms with Crippen LogP contribution >= 0.6 is 0 Å². The van der Waals surface area contributed by atoms with Gasteiger partial charge in [0.1, 0.15) is 11.4 Å². The first-order chi connectivity index (χ1) is 10.4. The first-order valence-electron chi connectivity index (χ1n) is 7.43. The van der Waals surface area contributed by atoms with Gasteiger partial charge in [-0.2, -0.15) is 9.78 Å². The highest BCUT2D eigenvalue weighted by Gasteiger charge is 2.32. The maximum atomic E-state index is 12.5. The summed E-state index contributed by atoms with van der Waals surface area (Å²) in [6.07, 6.45) is 1.68. The Labute approximate surface area is 129 Å². The van der Waals surface area contributed by atoms with Crippen molar-refractivity contribution in [3.63, 3.8) is 0 Å². The van der Waals surface area contributed by atoms with Crippen LogP contribution in [0, 0.1) is 5.41 Å². The largest absolute Gasteiger partial charge is 0.494 e. The van der Waals surface area contributed by atoms with Gasteiger partial charge in [0.05, 0.1) is 12.8 Å². The van der Waals surface area contributed by atoms with Gasteiger partial charge in [-0.15, -0.1) is 0 Å². The minimum atomic E-state index is -0.159. The summed E-state index contributed by atoms with van der Waals surface area (Å²) in [4.78, 5) is 12.5. The van der Waals surface area contributed by atoms with Gasteiger partial charge < -0.3 is 10.5 Å². The lowest BCUT2D eigenvalue weighted by Gasteiger charge is -2.34. The first kappa shape index (κ1) is 14.8. The molecule has 3 rings (SSSR count). The SMILES string of the molecule is COc1ccccc1-n1nc2c(cc1=O)CC(C)(C)CC2N. The average Bonchev–Trinajstić information content (AvgIpc) is 2.45. The Hall–Kier alpha value is -2.14. The van der Waals surface area contributed by atoms with Crippen molar-refractivity contribution in [2.75, 3.05) is 7.11 Å². The van der Waals surface area contributed by atoms with Gasteiger partial charge in [0.25, 0.3) is 5.56 Å². The van der Waals surface area contributed by atoms with Crippen LogP contribution in [0.4, 0.5) is 0 Å². The Morgan fingerprint density at radius 3 is 2.82 bits per heavy atom. The molecule has 0 radical (unpaired) electrons. The molecule has 1 aliphatic carbocycles. The summed E-state index contributed by atoms with van der Waals surface area (Å²) >= 11 is 0. The van der Waals surface area contributed by atoms with Gasteiger partial charge in [0, 0.05) is 12.1 Å². The smallest absolute Gasteiger partial charge is 0.271 e. The van der Waals surface area contributed by atoms with Crippen molar-refractivity contribution in [2.24, 2.45) is 11.1 Å². The highest BCUT2D eigenvalue weighted by molar-refractivity contribution is 5.46. The number of para-hydroxylation sites is 2. The normalized spacial score (nSPS) is 19.5. The van der Waals surface area contributed by atoms with Crippen molar-refractivity contribution in [2.45, 2.75) is 32.7 Å². The second kappa shape index (κ2) is 5.25. The number of nitrogens with two attached hydrogens (primary N) is 1. The highest BCUT2D eigenvalue weighted by Crippen LogP contribution is 2.38. The van der Waals surface area contributed by atoms with E-state index in [2.05, 4.69) is 18.9 Å². The second-order valence-electron chi connectivity index (χ2n) is 6.63. The number of hydrogen-bond acceptors (Lipinski definition) is 4. The quantitative estimate of drug-likeness (QED) is 0.923. The molecule has 0 amide bonds. The lowest BCUT2D eigenvalue weighted by Crippen LogP contribution is -2.35. The Balaban J connectivity index is 2.17. The zero-order valence-electron chi connectivity index (χ0n) is 13.2. The topological polar surface area (TPSA) is 70.1 Å². The summed E-state index contributed by atoms with van der Waals surface area (Å²) in [6, 6.07) is 8.86. The molecule has 5 heteroatoms. The summed E-state index contributed by atoms with van der Waals surface area (Å²) < 4.78 is 6.71. The molecule has 1 unspecified atom stereocenters. The third-order valence-electron chi connectivity index (χ3n) is 4.15. The maximum absolute atomic E-state index is 12.5. The second-order valence-corrected chi connectivity index (χ2v) is 6.63. The van der Waals surface area contributed by atoms with Crippen LogP contribution in [0.3, 0.4) is 0 Å². The number of benzene rings is 1. The zero-order valence-corrected chi connectivity index (χ0v) is 13.2. The lowest BCUT2D eigenvalue weighted by molar-refractivity contribution is 0.276. The number of methoxy groups -OCH3 is 1. The fourth-order valence-electron chi connectivity index (χ4n) is 3.22. The van der Waals surface area contributed by atoms with Crippen LogP contribution in [0.2, 0.25) is 0 Å². The number of aromatic nitrogens is 2. The Kier molecular flexibility index (Phi) is 3.53. The molecule has 0 aliphatic heterocycles. The maximum Gasteiger partial charge on any atom is 0.271 e. The molecule has 0 fully saturated rings. The van der Waals surface area contributed by atoms with Gasteiger partial charge in [-0.3, -0.25) is 4.79 Å². The number of fused-ring (bicyclic) bond motifs is 1. The Bertz CT molecular complexity index is 765. The zero-order chi connectivity index (χ0) is 15.9. The molecule has 2 aromatic rings. The summed E-state index contributed by atoms with van der Waals surface area (Å²) in [5.41, 5.74) is 8.62. The number of nitrogens with zero attached hydrogens (tertiary/aromatic N) is 2. The van der Waals surface area contributed by atoms with Gasteiger partial charge in [-0.1, -0.05) is 26.0 Å². The molecule has 0 spiro atoms. The summed E-state index contributed by atoms with van der Waals surface area (Å²) in [6.45, 7) is 4.34. The van der Waals surface area contributed by atoms with Crippen molar-refractivity contribution >= 4 is 0 Å². The standard InChI is InChI=1S/C17H21N3O2/c1-17(2)9-11-8-15(21)20(19-16(11)12(18)10-17)13-6-4-5-7-14(13)22-3/h4-8,12H,9-10,18H2,1-3H3. The van der Waals surface area contributed by atoms with E-state index in [-0.39, 0.29) is 17.0 Å². The highest BCUT2D eigenvalue weighted by atomic mass is 16.5. The van der Waals surface area contributed by atoms with Crippen LogP contribution in [0.5, 0.6) is 5.75 Å². The molecule has 2 N–H and O–H groups in total. The van der Waals surface area contributed by atoms with Crippen LogP contribution in [-0.4, -0.2) is 16.9 Å². The van der Waals surface area contributed by atoms with Crippen LogP contribution in [0.15, 0.2) is 35.1 Å². The number of hydrogen-bond donors (Lipinski definition) is 1. The fourth-order valence-corrected chi connectivity index (χ4v) is 3.22. The third-order valence-corrected chi connectivity index (χ3v) is 4.15. The van der Waals surface area contributed by atoms with Crippen molar-refractivity contribution in [1.29, 1.82) is 0 Å². The molecule has 1 heterocycles. The molecular weight excluding hydrogens is 278 g/mol. The average molecular weight is 299 g/mol. The monoisotopic (exact) mass is 299 g/mol. The summed E-state index contributed by atoms with van der Waals surface area (Å²) in [5.74, 6) is 0.613. The van der Waals surface area contributed by atoms with E-state index in [9.17, 15) is 4.79 Å². The number of ether oxygens (including phenoxy) is 1. The summed E-state index contributed by atoms with van der Waals surface area (Å²) in [7, 11) is 1.58. The first-order valence-corrected chi connectivity index (χ1v) is 7.43. The molecule has 5 nitrogen and oxygen atoms in total. The molecule has 116 valence electrons. The van der Waals surface area contributed by atoms with Crippen molar-refractivity contribution in [3.05, 3.63) is 51.9 Å². The van der Waals surface area contributed by atoms with E-state index >= 15 is 0 Å². The van der Waals surface area contributed by atoms with E-state index in [0.717, 1.165) is 24.1 Å². The van der Waals surface area contributed by atoms with Gasteiger partial charge >= 0.3 is 0 Å². The molecule has 1 aromatic carbocycles. The lowest BCUT2D eigenvalue weighted by atomic mass is 9.74. The van der Waals surface area contributed by atoms with Gasteiger partial charge in [0.15, 0.2) is 0 Å². The fraction of sp³-hybridized carbons (Fsp3) is 0.412. The van der Waals surface area contributed by atoms with E-state index in [0.29, 0.717) is 11.4 Å². The van der Waals surface area contributed by atoms with E-state index in [4.69, 9.17) is 10.5 Å². The van der Waals surface area contributed by atoms with Crippen LogP contribution in [0.25, 0.3) is 5.69 Å². The van der Waals surface area contributed by atoms with Crippen molar-refractivity contribution in [1.82, 2.24) is 9.78 Å². The molecule has 0 saturated heterocycles. The van der Waals surface area contributed by atoms with E-state index in [1.165, 1.54) is 4.68 Å².